The number of halogens is 1. The predicted molar refractivity (Wildman–Crippen MR) is 55.2 cm³/mol. The number of hydrogen-bond donors (Lipinski definition) is 1. The molecule has 0 radical (unpaired) electrons. The smallest absolute Gasteiger partial charge is 0.311 e. The Kier molecular flexibility index (Phi) is 3.96. The van der Waals surface area contributed by atoms with Crippen molar-refractivity contribution in [2.24, 2.45) is 0 Å². The van der Waals surface area contributed by atoms with Gasteiger partial charge in [-0.1, -0.05) is 46.3 Å². The zero-order valence-corrected chi connectivity index (χ0v) is 8.70. The van der Waals surface area contributed by atoms with Crippen molar-refractivity contribution < 1.29 is 9.90 Å². The summed E-state index contributed by atoms with van der Waals surface area (Å²) < 4.78 is 0. The molecule has 0 amide bonds. The summed E-state index contributed by atoms with van der Waals surface area (Å²) in [6, 6.07) is 9.30. The molecule has 70 valence electrons. The Morgan fingerprint density at radius 1 is 1.38 bits per heavy atom. The van der Waals surface area contributed by atoms with Crippen molar-refractivity contribution in [3.05, 3.63) is 35.9 Å². The van der Waals surface area contributed by atoms with Crippen LogP contribution in [-0.2, 0) is 4.79 Å². The van der Waals surface area contributed by atoms with Crippen molar-refractivity contribution in [2.45, 2.75) is 12.3 Å². The molecule has 1 aromatic rings. The van der Waals surface area contributed by atoms with Crippen LogP contribution < -0.4 is 0 Å². The summed E-state index contributed by atoms with van der Waals surface area (Å²) >= 11 is 3.25. The van der Waals surface area contributed by atoms with Crippen LogP contribution in [0.1, 0.15) is 17.9 Å². The van der Waals surface area contributed by atoms with E-state index in [4.69, 9.17) is 5.11 Å². The van der Waals surface area contributed by atoms with E-state index >= 15 is 0 Å². The third-order valence-electron chi connectivity index (χ3n) is 1.90. The first-order chi connectivity index (χ1) is 6.25. The highest BCUT2D eigenvalue weighted by Gasteiger charge is 2.17. The minimum absolute atomic E-state index is 0.388. The molecule has 1 aromatic carbocycles. The van der Waals surface area contributed by atoms with E-state index in [9.17, 15) is 4.79 Å². The number of rotatable bonds is 4. The van der Waals surface area contributed by atoms with Crippen molar-refractivity contribution in [1.29, 1.82) is 0 Å². The lowest BCUT2D eigenvalue weighted by atomic mass is 9.97. The molecule has 1 unspecified atom stereocenters. The van der Waals surface area contributed by atoms with Gasteiger partial charge in [0.15, 0.2) is 0 Å². The Morgan fingerprint density at radius 2 is 2.00 bits per heavy atom. The van der Waals surface area contributed by atoms with E-state index in [2.05, 4.69) is 15.9 Å². The number of carboxylic acids is 1. The standard InChI is InChI=1S/C10H11BrO2/c11-7-6-9(10(12)13)8-4-2-1-3-5-8/h1-5,9H,6-7H2,(H,12,13). The van der Waals surface area contributed by atoms with Crippen molar-refractivity contribution in [3.63, 3.8) is 0 Å². The average Bonchev–Trinajstić information content (AvgIpc) is 2.15. The minimum Gasteiger partial charge on any atom is -0.481 e. The first-order valence-electron chi connectivity index (χ1n) is 4.09. The van der Waals surface area contributed by atoms with E-state index in [-0.39, 0.29) is 5.92 Å². The lowest BCUT2D eigenvalue weighted by Gasteiger charge is -2.10. The molecule has 0 fully saturated rings. The Balaban J connectivity index is 2.82. The molecule has 0 bridgehead atoms. The number of hydrogen-bond acceptors (Lipinski definition) is 1. The largest absolute Gasteiger partial charge is 0.481 e. The van der Waals surface area contributed by atoms with Gasteiger partial charge in [0.1, 0.15) is 0 Å². The number of benzene rings is 1. The van der Waals surface area contributed by atoms with Crippen molar-refractivity contribution in [3.8, 4) is 0 Å². The highest BCUT2D eigenvalue weighted by atomic mass is 79.9. The molecule has 0 aliphatic carbocycles. The third-order valence-corrected chi connectivity index (χ3v) is 2.36. The van der Waals surface area contributed by atoms with E-state index in [1.165, 1.54) is 0 Å². The summed E-state index contributed by atoms with van der Waals surface area (Å²) in [5.41, 5.74) is 0.870. The number of alkyl halides is 1. The molecular weight excluding hydrogens is 232 g/mol. The molecule has 0 aliphatic rings. The quantitative estimate of drug-likeness (QED) is 0.825. The number of carboxylic acid groups (broad SMARTS) is 1. The zero-order chi connectivity index (χ0) is 9.68. The van der Waals surface area contributed by atoms with E-state index in [0.29, 0.717) is 11.8 Å². The minimum atomic E-state index is -0.759. The van der Waals surface area contributed by atoms with E-state index in [1.807, 2.05) is 30.3 Å². The molecule has 0 heterocycles. The van der Waals surface area contributed by atoms with Gasteiger partial charge < -0.3 is 5.11 Å². The Labute approximate surface area is 85.7 Å². The number of aliphatic carboxylic acids is 1. The first kappa shape index (κ1) is 10.3. The maximum atomic E-state index is 10.9. The van der Waals surface area contributed by atoms with Crippen LogP contribution in [0.3, 0.4) is 0 Å². The van der Waals surface area contributed by atoms with Crippen molar-refractivity contribution in [1.82, 2.24) is 0 Å². The maximum Gasteiger partial charge on any atom is 0.311 e. The first-order valence-corrected chi connectivity index (χ1v) is 5.21. The van der Waals surface area contributed by atoms with Crippen LogP contribution in [0.2, 0.25) is 0 Å². The maximum absolute atomic E-state index is 10.9. The highest BCUT2D eigenvalue weighted by molar-refractivity contribution is 9.09. The van der Waals surface area contributed by atoms with Crippen molar-refractivity contribution >= 4 is 21.9 Å². The normalized spacial score (nSPS) is 12.4. The lowest BCUT2D eigenvalue weighted by Crippen LogP contribution is -2.11. The summed E-state index contributed by atoms with van der Waals surface area (Å²) in [5.74, 6) is -1.15. The monoisotopic (exact) mass is 242 g/mol. The van der Waals surface area contributed by atoms with Gasteiger partial charge in [-0.15, -0.1) is 0 Å². The molecule has 2 nitrogen and oxygen atoms in total. The predicted octanol–water partition coefficient (Wildman–Crippen LogP) is 2.64. The van der Waals surface area contributed by atoms with E-state index < -0.39 is 5.97 Å². The highest BCUT2D eigenvalue weighted by Crippen LogP contribution is 2.20. The lowest BCUT2D eigenvalue weighted by molar-refractivity contribution is -0.138. The average molecular weight is 243 g/mol. The van der Waals surface area contributed by atoms with Crippen LogP contribution in [0.4, 0.5) is 0 Å². The number of carbonyl (C=O) groups is 1. The third kappa shape index (κ3) is 2.84. The van der Waals surface area contributed by atoms with Gasteiger partial charge in [0.25, 0.3) is 0 Å². The van der Waals surface area contributed by atoms with E-state index in [1.54, 1.807) is 0 Å². The van der Waals surface area contributed by atoms with Gasteiger partial charge >= 0.3 is 5.97 Å². The molecule has 0 saturated carbocycles. The van der Waals surface area contributed by atoms with Crippen LogP contribution >= 0.6 is 15.9 Å². The fraction of sp³-hybridized carbons (Fsp3) is 0.300. The van der Waals surface area contributed by atoms with Crippen LogP contribution in [0, 0.1) is 0 Å². The molecule has 0 spiro atoms. The summed E-state index contributed by atoms with van der Waals surface area (Å²) in [5, 5.41) is 9.64. The Bertz CT molecular complexity index is 272. The Morgan fingerprint density at radius 3 is 2.46 bits per heavy atom. The molecule has 13 heavy (non-hydrogen) atoms. The topological polar surface area (TPSA) is 37.3 Å². The van der Waals surface area contributed by atoms with Gasteiger partial charge in [0.2, 0.25) is 0 Å². The van der Waals surface area contributed by atoms with Gasteiger partial charge in [-0.2, -0.15) is 0 Å². The van der Waals surface area contributed by atoms with Gasteiger partial charge in [0, 0.05) is 5.33 Å². The molecule has 1 rings (SSSR count). The molecular formula is C10H11BrO2. The SMILES string of the molecule is O=C(O)C(CCBr)c1ccccc1. The zero-order valence-electron chi connectivity index (χ0n) is 7.11. The fourth-order valence-electron chi connectivity index (χ4n) is 1.23. The summed E-state index contributed by atoms with van der Waals surface area (Å²) in [6.07, 6.45) is 0.624. The molecule has 1 N–H and O–H groups in total. The van der Waals surface area contributed by atoms with Crippen molar-refractivity contribution in [2.75, 3.05) is 5.33 Å². The fourth-order valence-corrected chi connectivity index (χ4v) is 1.69. The van der Waals surface area contributed by atoms with Gasteiger partial charge in [-0.05, 0) is 12.0 Å². The molecule has 3 heteroatoms. The van der Waals surface area contributed by atoms with Crippen LogP contribution in [0.25, 0.3) is 0 Å². The van der Waals surface area contributed by atoms with Crippen LogP contribution in [0.15, 0.2) is 30.3 Å². The summed E-state index contributed by atoms with van der Waals surface area (Å²) in [4.78, 5) is 10.9. The van der Waals surface area contributed by atoms with Gasteiger partial charge in [-0.25, -0.2) is 0 Å². The second kappa shape index (κ2) is 5.02. The summed E-state index contributed by atoms with van der Waals surface area (Å²) in [7, 11) is 0. The molecule has 0 aliphatic heterocycles. The molecule has 1 atom stereocenters. The Hall–Kier alpha value is -0.830. The van der Waals surface area contributed by atoms with E-state index in [0.717, 1.165) is 5.56 Å². The second-order valence-corrected chi connectivity index (χ2v) is 3.57. The second-order valence-electron chi connectivity index (χ2n) is 2.78. The van der Waals surface area contributed by atoms with Gasteiger partial charge in [-0.3, -0.25) is 4.79 Å². The molecule has 0 aromatic heterocycles. The van der Waals surface area contributed by atoms with Crippen LogP contribution in [-0.4, -0.2) is 16.4 Å². The van der Waals surface area contributed by atoms with Crippen LogP contribution in [0.5, 0.6) is 0 Å². The molecule has 0 saturated heterocycles. The summed E-state index contributed by atoms with van der Waals surface area (Å²) in [6.45, 7) is 0. The van der Waals surface area contributed by atoms with Gasteiger partial charge in [0.05, 0.1) is 5.92 Å².